The Morgan fingerprint density at radius 1 is 1.33 bits per heavy atom. The lowest BCUT2D eigenvalue weighted by atomic mass is 10.1. The molecule has 0 aromatic rings. The lowest BCUT2D eigenvalue weighted by molar-refractivity contribution is -0.143. The molecule has 5 nitrogen and oxygen atoms in total. The van der Waals surface area contributed by atoms with Crippen molar-refractivity contribution in [2.45, 2.75) is 20.3 Å². The number of carbonyl (C=O) groups is 3. The van der Waals surface area contributed by atoms with Gasteiger partial charge in [0.2, 0.25) is 17.7 Å². The van der Waals surface area contributed by atoms with Crippen molar-refractivity contribution < 1.29 is 14.4 Å². The molecule has 1 saturated carbocycles. The molecule has 0 aromatic heterocycles. The minimum atomic E-state index is -0.490. The maximum atomic E-state index is 11.7. The minimum Gasteiger partial charge on any atom is -0.370 e. The molecule has 15 heavy (non-hydrogen) atoms. The first-order chi connectivity index (χ1) is 6.87. The Morgan fingerprint density at radius 3 is 2.20 bits per heavy atom. The van der Waals surface area contributed by atoms with E-state index in [1.807, 2.05) is 13.8 Å². The third-order valence-corrected chi connectivity index (χ3v) is 3.47. The number of amides is 3. The highest BCUT2D eigenvalue weighted by atomic mass is 16.2. The summed E-state index contributed by atoms with van der Waals surface area (Å²) in [7, 11) is 0. The molecule has 0 aromatic carbocycles. The standard InChI is InChI=1S/C10H14N2O3/c1-10(2)6-7(10)9(15)12(8(6)14)4-3-5(11)13/h6-7H,3-4H2,1-2H3,(H2,11,13). The molecule has 2 unspecified atom stereocenters. The molecule has 5 heteroatoms. The van der Waals surface area contributed by atoms with Crippen molar-refractivity contribution in [3.05, 3.63) is 0 Å². The van der Waals surface area contributed by atoms with E-state index < -0.39 is 5.91 Å². The molecule has 1 heterocycles. The second-order valence-electron chi connectivity index (χ2n) is 4.82. The zero-order chi connectivity index (χ0) is 11.4. The van der Waals surface area contributed by atoms with Gasteiger partial charge in [0.15, 0.2) is 0 Å². The Morgan fingerprint density at radius 2 is 1.80 bits per heavy atom. The molecule has 82 valence electrons. The van der Waals surface area contributed by atoms with Crippen LogP contribution in [0.2, 0.25) is 0 Å². The number of nitrogens with zero attached hydrogens (tertiary/aromatic N) is 1. The predicted molar refractivity (Wildman–Crippen MR) is 51.3 cm³/mol. The van der Waals surface area contributed by atoms with Crippen LogP contribution in [-0.2, 0) is 14.4 Å². The molecule has 0 spiro atoms. The number of hydrogen-bond donors (Lipinski definition) is 1. The molecule has 2 aliphatic rings. The van der Waals surface area contributed by atoms with Crippen LogP contribution in [0.3, 0.4) is 0 Å². The number of likely N-dealkylation sites (tertiary alicyclic amines) is 1. The van der Waals surface area contributed by atoms with Crippen molar-refractivity contribution >= 4 is 17.7 Å². The van der Waals surface area contributed by atoms with Gasteiger partial charge < -0.3 is 5.73 Å². The molecule has 2 atom stereocenters. The van der Waals surface area contributed by atoms with Gasteiger partial charge in [-0.05, 0) is 5.41 Å². The first kappa shape index (κ1) is 10.1. The molecule has 0 radical (unpaired) electrons. The molecule has 2 fully saturated rings. The van der Waals surface area contributed by atoms with Gasteiger partial charge in [-0.25, -0.2) is 0 Å². The first-order valence-corrected chi connectivity index (χ1v) is 5.01. The maximum absolute atomic E-state index is 11.7. The maximum Gasteiger partial charge on any atom is 0.233 e. The van der Waals surface area contributed by atoms with Gasteiger partial charge in [-0.3, -0.25) is 19.3 Å². The van der Waals surface area contributed by atoms with E-state index in [4.69, 9.17) is 5.73 Å². The highest BCUT2D eigenvalue weighted by Gasteiger charge is 2.72. The van der Waals surface area contributed by atoms with E-state index in [1.165, 1.54) is 4.90 Å². The van der Waals surface area contributed by atoms with Crippen molar-refractivity contribution in [2.75, 3.05) is 6.54 Å². The van der Waals surface area contributed by atoms with Crippen molar-refractivity contribution in [3.8, 4) is 0 Å². The number of hydrogen-bond acceptors (Lipinski definition) is 3. The Bertz CT molecular complexity index is 338. The van der Waals surface area contributed by atoms with Gasteiger partial charge >= 0.3 is 0 Å². The lowest BCUT2D eigenvalue weighted by Gasteiger charge is -2.19. The van der Waals surface area contributed by atoms with Crippen LogP contribution in [0.4, 0.5) is 0 Å². The Kier molecular flexibility index (Phi) is 1.90. The first-order valence-electron chi connectivity index (χ1n) is 5.01. The average molecular weight is 210 g/mol. The largest absolute Gasteiger partial charge is 0.370 e. The summed E-state index contributed by atoms with van der Waals surface area (Å²) in [6.45, 7) is 3.98. The number of primary amides is 1. The molecule has 2 N–H and O–H groups in total. The smallest absolute Gasteiger partial charge is 0.233 e. The normalized spacial score (nSPS) is 31.7. The fourth-order valence-corrected chi connectivity index (χ4v) is 2.45. The average Bonchev–Trinajstić information content (AvgIpc) is 2.56. The van der Waals surface area contributed by atoms with Crippen LogP contribution < -0.4 is 5.73 Å². The summed E-state index contributed by atoms with van der Waals surface area (Å²) >= 11 is 0. The third-order valence-electron chi connectivity index (χ3n) is 3.47. The summed E-state index contributed by atoms with van der Waals surface area (Å²) in [6.07, 6.45) is 0.0529. The number of imide groups is 1. The quantitative estimate of drug-likeness (QED) is 0.638. The zero-order valence-corrected chi connectivity index (χ0v) is 8.82. The number of carbonyl (C=O) groups excluding carboxylic acids is 3. The van der Waals surface area contributed by atoms with E-state index in [9.17, 15) is 14.4 Å². The third kappa shape index (κ3) is 1.26. The Balaban J connectivity index is 2.04. The van der Waals surface area contributed by atoms with E-state index in [0.29, 0.717) is 0 Å². The Labute approximate surface area is 87.6 Å². The van der Waals surface area contributed by atoms with E-state index in [1.54, 1.807) is 0 Å². The van der Waals surface area contributed by atoms with Crippen LogP contribution in [0.1, 0.15) is 20.3 Å². The fourth-order valence-electron chi connectivity index (χ4n) is 2.45. The van der Waals surface area contributed by atoms with Gasteiger partial charge in [0.1, 0.15) is 0 Å². The highest BCUT2D eigenvalue weighted by Crippen LogP contribution is 2.63. The van der Waals surface area contributed by atoms with Crippen LogP contribution in [-0.4, -0.2) is 29.2 Å². The van der Waals surface area contributed by atoms with Gasteiger partial charge in [-0.15, -0.1) is 0 Å². The molecule has 2 rings (SSSR count). The summed E-state index contributed by atoms with van der Waals surface area (Å²) in [5, 5.41) is 0. The summed E-state index contributed by atoms with van der Waals surface area (Å²) in [5.74, 6) is -1.11. The lowest BCUT2D eigenvalue weighted by Crippen LogP contribution is -2.38. The van der Waals surface area contributed by atoms with Crippen molar-refractivity contribution in [1.82, 2.24) is 4.90 Å². The molecular weight excluding hydrogens is 196 g/mol. The summed E-state index contributed by atoms with van der Waals surface area (Å²) in [6, 6.07) is 0. The second kappa shape index (κ2) is 2.81. The van der Waals surface area contributed by atoms with Gasteiger partial charge in [0.25, 0.3) is 0 Å². The molecular formula is C10H14N2O3. The van der Waals surface area contributed by atoms with Crippen molar-refractivity contribution in [3.63, 3.8) is 0 Å². The van der Waals surface area contributed by atoms with Gasteiger partial charge in [-0.1, -0.05) is 13.8 Å². The molecule has 3 amide bonds. The summed E-state index contributed by atoms with van der Waals surface area (Å²) < 4.78 is 0. The molecule has 1 aliphatic heterocycles. The SMILES string of the molecule is CC1(C)C2C(=O)N(CCC(N)=O)C(=O)C21. The number of rotatable bonds is 3. The van der Waals surface area contributed by atoms with Gasteiger partial charge in [0.05, 0.1) is 11.8 Å². The van der Waals surface area contributed by atoms with E-state index in [-0.39, 0.29) is 42.0 Å². The fraction of sp³-hybridized carbons (Fsp3) is 0.700. The summed E-state index contributed by atoms with van der Waals surface area (Å²) in [4.78, 5) is 35.2. The van der Waals surface area contributed by atoms with E-state index >= 15 is 0 Å². The zero-order valence-electron chi connectivity index (χ0n) is 8.82. The monoisotopic (exact) mass is 210 g/mol. The van der Waals surface area contributed by atoms with Crippen molar-refractivity contribution in [1.29, 1.82) is 0 Å². The summed E-state index contributed by atoms with van der Waals surface area (Å²) in [5.41, 5.74) is 4.79. The Hall–Kier alpha value is -1.39. The van der Waals surface area contributed by atoms with Crippen LogP contribution in [0.15, 0.2) is 0 Å². The van der Waals surface area contributed by atoms with Crippen LogP contribution in [0.25, 0.3) is 0 Å². The number of nitrogens with two attached hydrogens (primary N) is 1. The van der Waals surface area contributed by atoms with E-state index in [2.05, 4.69) is 0 Å². The highest BCUT2D eigenvalue weighted by molar-refractivity contribution is 6.10. The predicted octanol–water partition coefficient (Wildman–Crippen LogP) is -0.497. The molecule has 1 aliphatic carbocycles. The van der Waals surface area contributed by atoms with Crippen LogP contribution >= 0.6 is 0 Å². The number of fused-ring (bicyclic) bond motifs is 1. The van der Waals surface area contributed by atoms with E-state index in [0.717, 1.165) is 0 Å². The van der Waals surface area contributed by atoms with Crippen LogP contribution in [0.5, 0.6) is 0 Å². The van der Waals surface area contributed by atoms with Crippen LogP contribution in [0, 0.1) is 17.3 Å². The molecule has 0 bridgehead atoms. The minimum absolute atomic E-state index is 0.0529. The van der Waals surface area contributed by atoms with Gasteiger partial charge in [0, 0.05) is 13.0 Å². The topological polar surface area (TPSA) is 80.5 Å². The molecule has 1 saturated heterocycles. The number of piperidine rings is 1. The van der Waals surface area contributed by atoms with Crippen molar-refractivity contribution in [2.24, 2.45) is 23.0 Å². The second-order valence-corrected chi connectivity index (χ2v) is 4.82. The van der Waals surface area contributed by atoms with Gasteiger partial charge in [-0.2, -0.15) is 0 Å².